The van der Waals surface area contributed by atoms with Gasteiger partial charge < -0.3 is 30.8 Å². The zero-order chi connectivity index (χ0) is 30.4. The minimum atomic E-state index is -1.10. The summed E-state index contributed by atoms with van der Waals surface area (Å²) in [5.41, 5.74) is 1.25. The highest BCUT2D eigenvalue weighted by molar-refractivity contribution is 5.92. The molecule has 1 saturated carbocycles. The van der Waals surface area contributed by atoms with Gasteiger partial charge in [-0.05, 0) is 30.7 Å². The minimum Gasteiger partial charge on any atom is -0.445 e. The maximum Gasteiger partial charge on any atom is 0.408 e. The van der Waals surface area contributed by atoms with E-state index in [4.69, 9.17) is 4.74 Å². The van der Waals surface area contributed by atoms with Crippen LogP contribution in [0.3, 0.4) is 0 Å². The van der Waals surface area contributed by atoms with E-state index in [0.717, 1.165) is 37.7 Å². The second-order valence-electron chi connectivity index (χ2n) is 11.2. The predicted octanol–water partition coefficient (Wildman–Crippen LogP) is 1.55. The van der Waals surface area contributed by atoms with Crippen molar-refractivity contribution in [3.63, 3.8) is 0 Å². The van der Waals surface area contributed by atoms with E-state index in [0.29, 0.717) is 37.9 Å². The summed E-state index contributed by atoms with van der Waals surface area (Å²) in [6, 6.07) is 6.24. The first-order chi connectivity index (χ1) is 20.9. The Bertz CT molecular complexity index is 1230. The SMILES string of the molecule is O=CC1CCC(=O)NCCCn2cc(nn2)CC(NC(=O)OCc2ccccc2)C(=O)NC(CC2CCCCC2)C(=O)N1. The lowest BCUT2D eigenvalue weighted by molar-refractivity contribution is -0.131. The van der Waals surface area contributed by atoms with E-state index in [1.165, 1.54) is 0 Å². The highest BCUT2D eigenvalue weighted by Gasteiger charge is 2.31. The van der Waals surface area contributed by atoms with E-state index in [-0.39, 0.29) is 37.7 Å². The number of hydrogen-bond donors (Lipinski definition) is 4. The molecule has 2 aromatic rings. The quantitative estimate of drug-likeness (QED) is 0.364. The molecule has 13 heteroatoms. The molecule has 4 rings (SSSR count). The maximum absolute atomic E-state index is 13.7. The molecule has 2 bridgehead atoms. The molecule has 3 atom stereocenters. The van der Waals surface area contributed by atoms with Crippen LogP contribution in [0.2, 0.25) is 0 Å². The van der Waals surface area contributed by atoms with E-state index in [1.54, 1.807) is 10.9 Å². The predicted molar refractivity (Wildman–Crippen MR) is 155 cm³/mol. The zero-order valence-electron chi connectivity index (χ0n) is 24.3. The van der Waals surface area contributed by atoms with E-state index in [2.05, 4.69) is 31.6 Å². The van der Waals surface area contributed by atoms with Gasteiger partial charge in [-0.1, -0.05) is 67.6 Å². The Morgan fingerprint density at radius 2 is 1.81 bits per heavy atom. The molecule has 43 heavy (non-hydrogen) atoms. The van der Waals surface area contributed by atoms with Crippen molar-refractivity contribution in [3.8, 4) is 0 Å². The van der Waals surface area contributed by atoms with Crippen molar-refractivity contribution in [2.45, 2.75) is 95.5 Å². The number of ether oxygens (including phenoxy) is 1. The van der Waals surface area contributed by atoms with E-state index in [1.807, 2.05) is 30.3 Å². The van der Waals surface area contributed by atoms with Gasteiger partial charge in [-0.2, -0.15) is 0 Å². The summed E-state index contributed by atoms with van der Waals surface area (Å²) in [6.07, 6.45) is 7.79. The molecule has 1 aliphatic carbocycles. The normalized spacial score (nSPS) is 23.1. The molecule has 2 heterocycles. The van der Waals surface area contributed by atoms with Crippen LogP contribution in [-0.4, -0.2) is 69.8 Å². The number of carbonyl (C=O) groups is 5. The van der Waals surface area contributed by atoms with Gasteiger partial charge in [0.25, 0.3) is 0 Å². The third kappa shape index (κ3) is 10.5. The van der Waals surface area contributed by atoms with Crippen molar-refractivity contribution in [3.05, 3.63) is 47.8 Å². The van der Waals surface area contributed by atoms with Gasteiger partial charge in [-0.3, -0.25) is 19.1 Å². The summed E-state index contributed by atoms with van der Waals surface area (Å²) in [4.78, 5) is 64.0. The van der Waals surface area contributed by atoms with Gasteiger partial charge in [0.1, 0.15) is 25.0 Å². The van der Waals surface area contributed by atoms with Crippen LogP contribution in [0.15, 0.2) is 36.5 Å². The van der Waals surface area contributed by atoms with Crippen LogP contribution in [0.5, 0.6) is 0 Å². The summed E-state index contributed by atoms with van der Waals surface area (Å²) in [7, 11) is 0. The summed E-state index contributed by atoms with van der Waals surface area (Å²) in [5.74, 6) is -1.08. The average Bonchev–Trinajstić information content (AvgIpc) is 3.47. The number of aldehydes is 1. The fraction of sp³-hybridized carbons (Fsp3) is 0.567. The van der Waals surface area contributed by atoms with Gasteiger partial charge in [-0.25, -0.2) is 4.79 Å². The molecule has 0 radical (unpaired) electrons. The Labute approximate surface area is 250 Å². The first-order valence-electron chi connectivity index (χ1n) is 15.1. The largest absolute Gasteiger partial charge is 0.445 e. The number of alkyl carbamates (subject to hydrolysis) is 1. The number of aryl methyl sites for hydroxylation is 1. The molecular formula is C30H41N7O6. The number of carbonyl (C=O) groups excluding carboxylic acids is 5. The fourth-order valence-corrected chi connectivity index (χ4v) is 5.43. The van der Waals surface area contributed by atoms with Crippen molar-refractivity contribution >= 4 is 30.1 Å². The molecule has 1 fully saturated rings. The van der Waals surface area contributed by atoms with E-state index in [9.17, 15) is 24.0 Å². The van der Waals surface area contributed by atoms with Gasteiger partial charge in [0.2, 0.25) is 17.7 Å². The Balaban J connectivity index is 1.53. The third-order valence-electron chi connectivity index (χ3n) is 7.81. The van der Waals surface area contributed by atoms with Gasteiger partial charge in [0.15, 0.2) is 0 Å². The van der Waals surface area contributed by atoms with Gasteiger partial charge in [0.05, 0.1) is 11.7 Å². The van der Waals surface area contributed by atoms with Crippen LogP contribution in [0.1, 0.15) is 69.0 Å². The molecule has 4 N–H and O–H groups in total. The number of amides is 4. The molecule has 1 aliphatic heterocycles. The average molecular weight is 596 g/mol. The standard InChI is InChI=1S/C30H41N7O6/c38-19-23-12-13-27(39)31-14-7-15-37-18-24(35-36-37)17-26(34-30(42)43-20-22-10-5-2-6-11-22)29(41)33-25(28(40)32-23)16-21-8-3-1-4-9-21/h2,5-6,10-11,18-19,21,23,25-26H,1,3-4,7-9,12-17,20H2,(H,31,39)(H,32,40)(H,33,41)(H,34,42). The highest BCUT2D eigenvalue weighted by atomic mass is 16.5. The molecule has 1 aromatic carbocycles. The number of nitrogens with zero attached hydrogens (tertiary/aromatic N) is 3. The first-order valence-corrected chi connectivity index (χ1v) is 15.1. The van der Waals surface area contributed by atoms with Crippen molar-refractivity contribution < 1.29 is 28.7 Å². The topological polar surface area (TPSA) is 173 Å². The van der Waals surface area contributed by atoms with Crippen molar-refractivity contribution in [2.24, 2.45) is 5.92 Å². The maximum atomic E-state index is 13.7. The van der Waals surface area contributed by atoms with Gasteiger partial charge in [-0.15, -0.1) is 5.10 Å². The Hall–Kier alpha value is -4.29. The van der Waals surface area contributed by atoms with Gasteiger partial charge >= 0.3 is 6.09 Å². The van der Waals surface area contributed by atoms with E-state index < -0.39 is 36.0 Å². The number of fused-ring (bicyclic) bond motifs is 2. The second-order valence-corrected chi connectivity index (χ2v) is 11.2. The van der Waals surface area contributed by atoms with Crippen molar-refractivity contribution in [2.75, 3.05) is 6.54 Å². The lowest BCUT2D eigenvalue weighted by atomic mass is 9.84. The smallest absolute Gasteiger partial charge is 0.408 e. The van der Waals surface area contributed by atoms with Crippen LogP contribution >= 0.6 is 0 Å². The van der Waals surface area contributed by atoms with Crippen molar-refractivity contribution in [1.29, 1.82) is 0 Å². The second kappa shape index (κ2) is 16.4. The van der Waals surface area contributed by atoms with Crippen LogP contribution in [0.25, 0.3) is 0 Å². The Morgan fingerprint density at radius 3 is 2.58 bits per heavy atom. The molecule has 2 aliphatic rings. The highest BCUT2D eigenvalue weighted by Crippen LogP contribution is 2.27. The Morgan fingerprint density at radius 1 is 1.02 bits per heavy atom. The summed E-state index contributed by atoms with van der Waals surface area (Å²) < 4.78 is 6.97. The first kappa shape index (κ1) is 31.6. The molecule has 4 amide bonds. The molecule has 232 valence electrons. The Kier molecular flexibility index (Phi) is 12.0. The van der Waals surface area contributed by atoms with Crippen LogP contribution in [0, 0.1) is 5.92 Å². The van der Waals surface area contributed by atoms with Crippen LogP contribution < -0.4 is 21.3 Å². The zero-order valence-corrected chi connectivity index (χ0v) is 24.3. The minimum absolute atomic E-state index is 0.0116. The summed E-state index contributed by atoms with van der Waals surface area (Å²) in [5, 5.41) is 19.3. The summed E-state index contributed by atoms with van der Waals surface area (Å²) in [6.45, 7) is 0.899. The number of hydrogen-bond acceptors (Lipinski definition) is 8. The number of nitrogens with one attached hydrogen (secondary N) is 4. The molecule has 0 spiro atoms. The number of rotatable bonds is 6. The van der Waals surface area contributed by atoms with Crippen molar-refractivity contribution in [1.82, 2.24) is 36.3 Å². The van der Waals surface area contributed by atoms with E-state index >= 15 is 0 Å². The molecule has 1 aromatic heterocycles. The number of aromatic nitrogens is 3. The summed E-state index contributed by atoms with van der Waals surface area (Å²) >= 11 is 0. The monoisotopic (exact) mass is 595 g/mol. The fourth-order valence-electron chi connectivity index (χ4n) is 5.43. The molecule has 13 nitrogen and oxygen atoms in total. The molecule has 3 unspecified atom stereocenters. The number of benzene rings is 1. The third-order valence-corrected chi connectivity index (χ3v) is 7.81. The van der Waals surface area contributed by atoms with Crippen LogP contribution in [0.4, 0.5) is 4.79 Å². The van der Waals surface area contributed by atoms with Crippen LogP contribution in [-0.2, 0) is 43.5 Å². The van der Waals surface area contributed by atoms with Gasteiger partial charge in [0, 0.05) is 32.1 Å². The molecule has 0 saturated heterocycles. The lowest BCUT2D eigenvalue weighted by Crippen LogP contribution is -2.56. The lowest BCUT2D eigenvalue weighted by Gasteiger charge is -2.28. The molecular weight excluding hydrogens is 554 g/mol.